The Kier molecular flexibility index (Phi) is 4.22. The lowest BCUT2D eigenvalue weighted by Gasteiger charge is -2.37. The number of imidazole rings is 1. The second-order valence-electron chi connectivity index (χ2n) is 6.21. The highest BCUT2D eigenvalue weighted by Crippen LogP contribution is 2.27. The summed E-state index contributed by atoms with van der Waals surface area (Å²) >= 11 is 6.12. The van der Waals surface area contributed by atoms with Crippen LogP contribution in [0.2, 0.25) is 5.02 Å². The summed E-state index contributed by atoms with van der Waals surface area (Å²) in [6.45, 7) is 4.48. The smallest absolute Gasteiger partial charge is 0.233 e. The van der Waals surface area contributed by atoms with E-state index < -0.39 is 0 Å². The van der Waals surface area contributed by atoms with Crippen LogP contribution in [-0.2, 0) is 11.3 Å². The Bertz CT molecular complexity index is 817. The molecule has 0 saturated carbocycles. The first-order valence-corrected chi connectivity index (χ1v) is 8.46. The zero-order valence-electron chi connectivity index (χ0n) is 13.5. The van der Waals surface area contributed by atoms with Crippen LogP contribution in [-0.4, -0.2) is 38.5 Å². The number of hydrogen-bond donors (Lipinski definition) is 0. The van der Waals surface area contributed by atoms with Crippen LogP contribution in [0.4, 0.5) is 0 Å². The molecule has 6 heteroatoms. The number of nitrogens with zero attached hydrogens (tertiary/aromatic N) is 4. The van der Waals surface area contributed by atoms with Crippen molar-refractivity contribution in [3.63, 3.8) is 0 Å². The fraction of sp³-hybridized carbons (Fsp3) is 0.333. The third-order valence-electron chi connectivity index (χ3n) is 4.43. The first-order valence-electron chi connectivity index (χ1n) is 8.09. The highest BCUT2D eigenvalue weighted by Gasteiger charge is 2.27. The Hall–Kier alpha value is -1.95. The SMILES string of the molecule is C[C@H]1CO[C@@H](c2cccc(Cl)c2)CN1Cc1cn2cccnc2n1. The standard InChI is InChI=1S/C18H19ClN4O/c1-13-12-24-17(14-4-2-5-15(19)8-14)11-23(13)10-16-9-22-7-3-6-20-18(22)21-16/h2-9,13,17H,10-12H2,1H3/t13-,17+/m0/s1. The average Bonchev–Trinajstić information content (AvgIpc) is 2.99. The monoisotopic (exact) mass is 342 g/mol. The predicted octanol–water partition coefficient (Wildman–Crippen LogP) is 3.34. The number of benzene rings is 1. The van der Waals surface area contributed by atoms with Gasteiger partial charge in [-0.2, -0.15) is 0 Å². The minimum absolute atomic E-state index is 0.0371. The minimum Gasteiger partial charge on any atom is -0.371 e. The van der Waals surface area contributed by atoms with Gasteiger partial charge in [0.25, 0.3) is 0 Å². The van der Waals surface area contributed by atoms with E-state index in [0.717, 1.165) is 35.1 Å². The van der Waals surface area contributed by atoms with Crippen molar-refractivity contribution < 1.29 is 4.74 Å². The molecule has 24 heavy (non-hydrogen) atoms. The van der Waals surface area contributed by atoms with Crippen molar-refractivity contribution in [1.29, 1.82) is 0 Å². The summed E-state index contributed by atoms with van der Waals surface area (Å²) in [6.07, 6.45) is 5.81. The van der Waals surface area contributed by atoms with Gasteiger partial charge in [0.05, 0.1) is 18.4 Å². The van der Waals surface area contributed by atoms with Gasteiger partial charge in [-0.1, -0.05) is 23.7 Å². The zero-order chi connectivity index (χ0) is 16.5. The van der Waals surface area contributed by atoms with E-state index in [0.29, 0.717) is 12.6 Å². The Balaban J connectivity index is 1.53. The molecular weight excluding hydrogens is 324 g/mol. The van der Waals surface area contributed by atoms with Crippen molar-refractivity contribution in [2.75, 3.05) is 13.2 Å². The Morgan fingerprint density at radius 3 is 3.08 bits per heavy atom. The largest absolute Gasteiger partial charge is 0.371 e. The van der Waals surface area contributed by atoms with Gasteiger partial charge in [-0.15, -0.1) is 0 Å². The van der Waals surface area contributed by atoms with E-state index in [-0.39, 0.29) is 6.10 Å². The molecule has 3 aromatic rings. The van der Waals surface area contributed by atoms with Crippen molar-refractivity contribution in [1.82, 2.24) is 19.3 Å². The lowest BCUT2D eigenvalue weighted by Crippen LogP contribution is -2.44. The van der Waals surface area contributed by atoms with E-state index in [1.54, 1.807) is 6.20 Å². The fourth-order valence-corrected chi connectivity index (χ4v) is 3.30. The molecule has 1 fully saturated rings. The lowest BCUT2D eigenvalue weighted by atomic mass is 10.1. The number of fused-ring (bicyclic) bond motifs is 1. The van der Waals surface area contributed by atoms with E-state index in [4.69, 9.17) is 16.3 Å². The lowest BCUT2D eigenvalue weighted by molar-refractivity contribution is -0.0636. The van der Waals surface area contributed by atoms with Gasteiger partial charge in [0, 0.05) is 42.7 Å². The molecule has 0 bridgehead atoms. The quantitative estimate of drug-likeness (QED) is 0.732. The molecule has 0 N–H and O–H groups in total. The number of morpholine rings is 1. The van der Waals surface area contributed by atoms with Crippen molar-refractivity contribution in [3.8, 4) is 0 Å². The van der Waals surface area contributed by atoms with Crippen LogP contribution in [0.25, 0.3) is 5.78 Å². The van der Waals surface area contributed by atoms with Crippen molar-refractivity contribution in [3.05, 3.63) is 65.2 Å². The molecule has 1 aromatic carbocycles. The van der Waals surface area contributed by atoms with Crippen LogP contribution in [0.15, 0.2) is 48.9 Å². The number of rotatable bonds is 3. The van der Waals surface area contributed by atoms with Gasteiger partial charge in [0.15, 0.2) is 0 Å². The van der Waals surface area contributed by atoms with Gasteiger partial charge in [0.2, 0.25) is 5.78 Å². The molecule has 1 aliphatic rings. The molecule has 5 nitrogen and oxygen atoms in total. The van der Waals surface area contributed by atoms with E-state index >= 15 is 0 Å². The van der Waals surface area contributed by atoms with Crippen molar-refractivity contribution in [2.24, 2.45) is 0 Å². The maximum atomic E-state index is 6.12. The van der Waals surface area contributed by atoms with E-state index in [2.05, 4.69) is 27.9 Å². The maximum Gasteiger partial charge on any atom is 0.233 e. The first kappa shape index (κ1) is 15.6. The molecule has 4 rings (SSSR count). The van der Waals surface area contributed by atoms with Crippen LogP contribution in [0.3, 0.4) is 0 Å². The molecule has 1 aliphatic heterocycles. The highest BCUT2D eigenvalue weighted by atomic mass is 35.5. The Morgan fingerprint density at radius 2 is 2.25 bits per heavy atom. The van der Waals surface area contributed by atoms with Crippen molar-refractivity contribution in [2.45, 2.75) is 25.6 Å². The third-order valence-corrected chi connectivity index (χ3v) is 4.67. The summed E-state index contributed by atoms with van der Waals surface area (Å²) in [5, 5.41) is 0.743. The van der Waals surface area contributed by atoms with Crippen LogP contribution < -0.4 is 0 Å². The van der Waals surface area contributed by atoms with Gasteiger partial charge in [0.1, 0.15) is 0 Å². The van der Waals surface area contributed by atoms with Gasteiger partial charge in [-0.3, -0.25) is 9.30 Å². The number of halogens is 1. The highest BCUT2D eigenvalue weighted by molar-refractivity contribution is 6.30. The maximum absolute atomic E-state index is 6.12. The summed E-state index contributed by atoms with van der Waals surface area (Å²) < 4.78 is 7.97. The molecule has 124 valence electrons. The molecular formula is C18H19ClN4O. The number of ether oxygens (including phenoxy) is 1. The Morgan fingerprint density at radius 1 is 1.33 bits per heavy atom. The molecule has 0 amide bonds. The van der Waals surface area contributed by atoms with E-state index in [1.807, 2.05) is 41.1 Å². The summed E-state index contributed by atoms with van der Waals surface area (Å²) in [5.74, 6) is 0.736. The molecule has 0 radical (unpaired) electrons. The van der Waals surface area contributed by atoms with E-state index in [9.17, 15) is 0 Å². The summed E-state index contributed by atoms with van der Waals surface area (Å²) in [7, 11) is 0. The van der Waals surface area contributed by atoms with Crippen molar-refractivity contribution >= 4 is 17.4 Å². The molecule has 2 aromatic heterocycles. The molecule has 3 heterocycles. The topological polar surface area (TPSA) is 42.7 Å². The minimum atomic E-state index is 0.0371. The fourth-order valence-electron chi connectivity index (χ4n) is 3.10. The number of hydrogen-bond acceptors (Lipinski definition) is 4. The summed E-state index contributed by atoms with van der Waals surface area (Å²) in [5.41, 5.74) is 2.14. The normalized spacial score (nSPS) is 22.1. The third kappa shape index (κ3) is 3.15. The second-order valence-corrected chi connectivity index (χ2v) is 6.65. The molecule has 0 aliphatic carbocycles. The Labute approximate surface area is 145 Å². The van der Waals surface area contributed by atoms with Crippen LogP contribution >= 0.6 is 11.6 Å². The summed E-state index contributed by atoms with van der Waals surface area (Å²) in [4.78, 5) is 11.3. The first-order chi connectivity index (χ1) is 11.7. The van der Waals surface area contributed by atoms with E-state index in [1.165, 1.54) is 0 Å². The number of aromatic nitrogens is 3. The van der Waals surface area contributed by atoms with Crippen LogP contribution in [0, 0.1) is 0 Å². The zero-order valence-corrected chi connectivity index (χ0v) is 14.2. The molecule has 0 unspecified atom stereocenters. The molecule has 1 saturated heterocycles. The summed E-state index contributed by atoms with van der Waals surface area (Å²) in [6, 6.07) is 10.2. The molecule has 2 atom stereocenters. The van der Waals surface area contributed by atoms with Crippen LogP contribution in [0.1, 0.15) is 24.3 Å². The van der Waals surface area contributed by atoms with Gasteiger partial charge >= 0.3 is 0 Å². The average molecular weight is 343 g/mol. The predicted molar refractivity (Wildman–Crippen MR) is 93.0 cm³/mol. The second kappa shape index (κ2) is 6.51. The van der Waals surface area contributed by atoms with Gasteiger partial charge in [-0.05, 0) is 30.7 Å². The van der Waals surface area contributed by atoms with Gasteiger partial charge < -0.3 is 4.74 Å². The van der Waals surface area contributed by atoms with Crippen LogP contribution in [0.5, 0.6) is 0 Å². The molecule has 0 spiro atoms. The van der Waals surface area contributed by atoms with Gasteiger partial charge in [-0.25, -0.2) is 9.97 Å².